The number of oxazole rings is 1. The van der Waals surface area contributed by atoms with E-state index in [1.54, 1.807) is 0 Å². The zero-order valence-corrected chi connectivity index (χ0v) is 16.8. The number of hydrogen-bond donors (Lipinski definition) is 1. The predicted octanol–water partition coefficient (Wildman–Crippen LogP) is 6.13. The molecule has 1 aromatic heterocycles. The summed E-state index contributed by atoms with van der Waals surface area (Å²) in [5.41, 5.74) is 4.41. The summed E-state index contributed by atoms with van der Waals surface area (Å²) in [7, 11) is 0. The molecule has 0 aliphatic carbocycles. The molecule has 0 atom stereocenters. The van der Waals surface area contributed by atoms with Gasteiger partial charge in [0, 0.05) is 28.4 Å². The molecule has 4 aromatic rings. The topological polar surface area (TPSA) is 102 Å². The van der Waals surface area contributed by atoms with Crippen molar-refractivity contribution in [3.05, 3.63) is 80.4 Å². The number of aromatic nitrogens is 1. The zero-order chi connectivity index (χ0) is 21.4. The maximum Gasteiger partial charge on any atom is 0.312 e. The van der Waals surface area contributed by atoms with E-state index in [1.165, 1.54) is 12.3 Å². The van der Waals surface area contributed by atoms with Crippen molar-refractivity contribution in [1.29, 1.82) is 0 Å². The number of hydrogen-bond acceptors (Lipinski definition) is 6. The van der Waals surface area contributed by atoms with Crippen molar-refractivity contribution in [2.24, 2.45) is 4.99 Å². The summed E-state index contributed by atoms with van der Waals surface area (Å²) >= 11 is 5.94. The smallest absolute Gasteiger partial charge is 0.312 e. The molecule has 7 nitrogen and oxygen atoms in total. The van der Waals surface area contributed by atoms with Gasteiger partial charge in [-0.15, -0.1) is 0 Å². The van der Waals surface area contributed by atoms with Gasteiger partial charge in [0.05, 0.1) is 10.6 Å². The summed E-state index contributed by atoms with van der Waals surface area (Å²) in [4.78, 5) is 19.4. The molecule has 0 bridgehead atoms. The van der Waals surface area contributed by atoms with E-state index >= 15 is 0 Å². The van der Waals surface area contributed by atoms with Gasteiger partial charge in [-0.3, -0.25) is 15.1 Å². The molecule has 30 heavy (non-hydrogen) atoms. The molecule has 1 N–H and O–H groups in total. The Labute approximate surface area is 176 Å². The summed E-state index contributed by atoms with van der Waals surface area (Å²) in [6.07, 6.45) is 1.34. The van der Waals surface area contributed by atoms with Crippen molar-refractivity contribution in [2.45, 2.75) is 13.8 Å². The van der Waals surface area contributed by atoms with Crippen LogP contribution in [0.5, 0.6) is 5.75 Å². The minimum absolute atomic E-state index is 0.133. The molecule has 0 spiro atoms. The molecular formula is C22H16ClN3O4. The lowest BCUT2D eigenvalue weighted by molar-refractivity contribution is -0.385. The Hall–Kier alpha value is -3.71. The maximum atomic E-state index is 11.1. The molecule has 0 aliphatic heterocycles. The molecule has 8 heteroatoms. The Kier molecular flexibility index (Phi) is 4.97. The third-order valence-corrected chi connectivity index (χ3v) is 4.92. The second-order valence-electron chi connectivity index (χ2n) is 6.82. The first-order valence-electron chi connectivity index (χ1n) is 9.01. The van der Waals surface area contributed by atoms with Crippen molar-refractivity contribution >= 4 is 40.3 Å². The largest absolute Gasteiger partial charge is 0.502 e. The summed E-state index contributed by atoms with van der Waals surface area (Å²) in [5, 5.41) is 21.4. The van der Waals surface area contributed by atoms with E-state index in [0.717, 1.165) is 28.3 Å². The first-order valence-corrected chi connectivity index (χ1v) is 9.39. The number of aromatic hydroxyl groups is 1. The first kappa shape index (κ1) is 19.6. The van der Waals surface area contributed by atoms with Crippen molar-refractivity contribution in [3.8, 4) is 17.2 Å². The summed E-state index contributed by atoms with van der Waals surface area (Å²) in [5.74, 6) is -0.0200. The van der Waals surface area contributed by atoms with Crippen molar-refractivity contribution in [3.63, 3.8) is 0 Å². The van der Waals surface area contributed by atoms with Gasteiger partial charge in [0.1, 0.15) is 5.52 Å². The highest BCUT2D eigenvalue weighted by Crippen LogP contribution is 2.34. The highest BCUT2D eigenvalue weighted by molar-refractivity contribution is 6.31. The monoisotopic (exact) mass is 421 g/mol. The normalized spacial score (nSPS) is 11.4. The van der Waals surface area contributed by atoms with Crippen LogP contribution in [0.1, 0.15) is 16.7 Å². The van der Waals surface area contributed by atoms with Crippen molar-refractivity contribution in [2.75, 3.05) is 0 Å². The third kappa shape index (κ3) is 3.62. The van der Waals surface area contributed by atoms with Gasteiger partial charge in [0.15, 0.2) is 5.58 Å². The molecule has 0 radical (unpaired) electrons. The minimum atomic E-state index is -0.695. The lowest BCUT2D eigenvalue weighted by atomic mass is 10.1. The summed E-state index contributed by atoms with van der Waals surface area (Å²) in [6, 6.07) is 13.8. The average molecular weight is 422 g/mol. The van der Waals surface area contributed by atoms with Crippen LogP contribution in [0, 0.1) is 24.0 Å². The molecule has 1 heterocycles. The van der Waals surface area contributed by atoms with E-state index in [9.17, 15) is 15.2 Å². The number of nitrogens with zero attached hydrogens (tertiary/aromatic N) is 3. The number of aliphatic imine (C=N–C) groups is 1. The number of halogens is 1. The van der Waals surface area contributed by atoms with Gasteiger partial charge < -0.3 is 9.52 Å². The number of para-hydroxylation sites is 1. The number of benzene rings is 3. The standard InChI is InChI=1S/C22H16ClN3O4/c1-12-6-7-14(22-25-20-13(2)4-3-5-19(20)30-22)9-17(12)24-11-15-8-16(23)10-18(21(15)27)26(28)29/h3-11,27H,1-2H3. The van der Waals surface area contributed by atoms with Crippen LogP contribution in [-0.4, -0.2) is 21.2 Å². The van der Waals surface area contributed by atoms with Crippen LogP contribution in [0.2, 0.25) is 5.02 Å². The molecule has 0 saturated carbocycles. The second kappa shape index (κ2) is 7.61. The van der Waals surface area contributed by atoms with Gasteiger partial charge in [-0.1, -0.05) is 29.8 Å². The number of phenols is 1. The van der Waals surface area contributed by atoms with Crippen LogP contribution < -0.4 is 0 Å². The van der Waals surface area contributed by atoms with E-state index in [2.05, 4.69) is 9.98 Å². The molecule has 0 amide bonds. The third-order valence-electron chi connectivity index (χ3n) is 4.70. The summed E-state index contributed by atoms with van der Waals surface area (Å²) < 4.78 is 5.87. The molecule has 0 saturated heterocycles. The van der Waals surface area contributed by atoms with Gasteiger partial charge in [-0.2, -0.15) is 0 Å². The van der Waals surface area contributed by atoms with Crippen LogP contribution in [0.15, 0.2) is 57.9 Å². The van der Waals surface area contributed by atoms with Gasteiger partial charge >= 0.3 is 5.69 Å². The molecule has 4 rings (SSSR count). The number of fused-ring (bicyclic) bond motifs is 1. The highest BCUT2D eigenvalue weighted by atomic mass is 35.5. The van der Waals surface area contributed by atoms with E-state index in [0.29, 0.717) is 17.2 Å². The van der Waals surface area contributed by atoms with Crippen LogP contribution in [-0.2, 0) is 0 Å². The predicted molar refractivity (Wildman–Crippen MR) is 116 cm³/mol. The van der Waals surface area contributed by atoms with Crippen LogP contribution >= 0.6 is 11.6 Å². The lowest BCUT2D eigenvalue weighted by Crippen LogP contribution is -1.92. The fraction of sp³-hybridized carbons (Fsp3) is 0.0909. The first-order chi connectivity index (χ1) is 14.3. The number of aryl methyl sites for hydroxylation is 2. The minimum Gasteiger partial charge on any atom is -0.502 e. The Morgan fingerprint density at radius 3 is 2.70 bits per heavy atom. The van der Waals surface area contributed by atoms with Crippen LogP contribution in [0.25, 0.3) is 22.6 Å². The summed E-state index contributed by atoms with van der Waals surface area (Å²) in [6.45, 7) is 3.85. The van der Waals surface area contributed by atoms with Crippen LogP contribution in [0.3, 0.4) is 0 Å². The number of nitro benzene ring substituents is 1. The van der Waals surface area contributed by atoms with Crippen molar-refractivity contribution < 1.29 is 14.4 Å². The molecule has 150 valence electrons. The SMILES string of the molecule is Cc1ccc(-c2nc3c(C)cccc3o2)cc1N=Cc1cc(Cl)cc([N+](=O)[O-])c1O. The van der Waals surface area contributed by atoms with E-state index in [1.807, 2.05) is 50.2 Å². The van der Waals surface area contributed by atoms with Gasteiger partial charge in [-0.25, -0.2) is 4.98 Å². The molecule has 3 aromatic carbocycles. The number of phenolic OH excluding ortho intramolecular Hbond substituents is 1. The zero-order valence-electron chi connectivity index (χ0n) is 16.1. The van der Waals surface area contributed by atoms with E-state index in [4.69, 9.17) is 16.0 Å². The quantitative estimate of drug-likeness (QED) is 0.242. The Morgan fingerprint density at radius 2 is 1.97 bits per heavy atom. The highest BCUT2D eigenvalue weighted by Gasteiger charge is 2.18. The molecular weight excluding hydrogens is 406 g/mol. The second-order valence-corrected chi connectivity index (χ2v) is 7.26. The average Bonchev–Trinajstić information content (AvgIpc) is 3.15. The fourth-order valence-electron chi connectivity index (χ4n) is 3.07. The van der Waals surface area contributed by atoms with Gasteiger partial charge in [0.2, 0.25) is 11.6 Å². The maximum absolute atomic E-state index is 11.1. The number of nitro groups is 1. The Bertz CT molecular complexity index is 1330. The molecule has 0 aliphatic rings. The fourth-order valence-corrected chi connectivity index (χ4v) is 3.29. The lowest BCUT2D eigenvalue weighted by Gasteiger charge is -2.04. The van der Waals surface area contributed by atoms with Gasteiger partial charge in [-0.05, 0) is 49.2 Å². The van der Waals surface area contributed by atoms with Crippen molar-refractivity contribution in [1.82, 2.24) is 4.98 Å². The van der Waals surface area contributed by atoms with E-state index < -0.39 is 16.4 Å². The Balaban J connectivity index is 1.74. The number of rotatable bonds is 4. The molecule has 0 unspecified atom stereocenters. The Morgan fingerprint density at radius 1 is 1.17 bits per heavy atom. The molecule has 0 fully saturated rings. The van der Waals surface area contributed by atoms with Crippen LogP contribution in [0.4, 0.5) is 11.4 Å². The van der Waals surface area contributed by atoms with E-state index in [-0.39, 0.29) is 10.6 Å². The van der Waals surface area contributed by atoms with Gasteiger partial charge in [0.25, 0.3) is 0 Å².